The monoisotopic (exact) mass is 184 g/mol. The maximum Gasteiger partial charge on any atom is 0.143 e. The Morgan fingerprint density at radius 2 is 1.92 bits per heavy atom. The van der Waals surface area contributed by atoms with Crippen molar-refractivity contribution in [2.24, 2.45) is 0 Å². The maximum absolute atomic E-state index is 13.0. The minimum absolute atomic E-state index is 0.469. The number of hydrogen-bond acceptors (Lipinski definition) is 1. The molecule has 0 saturated heterocycles. The summed E-state index contributed by atoms with van der Waals surface area (Å²) in [7, 11) is 0. The van der Waals surface area contributed by atoms with E-state index in [0.29, 0.717) is 10.1 Å². The van der Waals surface area contributed by atoms with Crippen LogP contribution in [-0.2, 0) is 0 Å². The van der Waals surface area contributed by atoms with Crippen LogP contribution in [0.4, 0.5) is 8.78 Å². The van der Waals surface area contributed by atoms with Gasteiger partial charge in [0.15, 0.2) is 0 Å². The zero-order valence-corrected chi connectivity index (χ0v) is 7.21. The highest BCUT2D eigenvalue weighted by Crippen LogP contribution is 2.28. The molecule has 0 nitrogen and oxygen atoms in total. The summed E-state index contributed by atoms with van der Waals surface area (Å²) in [5, 5.41) is 0.648. The molecule has 0 fully saturated rings. The summed E-state index contributed by atoms with van der Waals surface area (Å²) >= 11 is 1.35. The molecule has 0 aliphatic heterocycles. The van der Waals surface area contributed by atoms with Crippen molar-refractivity contribution in [2.45, 2.75) is 6.92 Å². The summed E-state index contributed by atoms with van der Waals surface area (Å²) in [6, 6.07) is 4.05. The van der Waals surface area contributed by atoms with Gasteiger partial charge in [-0.25, -0.2) is 8.78 Å². The molecule has 2 rings (SSSR count). The van der Waals surface area contributed by atoms with Gasteiger partial charge in [-0.05, 0) is 24.4 Å². The Morgan fingerprint density at radius 1 is 1.17 bits per heavy atom. The summed E-state index contributed by atoms with van der Waals surface area (Å²) < 4.78 is 26.2. The van der Waals surface area contributed by atoms with Gasteiger partial charge in [-0.15, -0.1) is 11.3 Å². The molecule has 0 unspecified atom stereocenters. The zero-order chi connectivity index (χ0) is 8.72. The van der Waals surface area contributed by atoms with Crippen molar-refractivity contribution in [3.05, 3.63) is 34.7 Å². The molecule has 0 aliphatic carbocycles. The Hall–Kier alpha value is -0.960. The third-order valence-corrected chi connectivity index (χ3v) is 2.73. The summed E-state index contributed by atoms with van der Waals surface area (Å²) in [4.78, 5) is 0.995. The zero-order valence-electron chi connectivity index (χ0n) is 6.40. The number of rotatable bonds is 0. The van der Waals surface area contributed by atoms with E-state index in [1.54, 1.807) is 6.07 Å². The Balaban J connectivity index is 2.88. The van der Waals surface area contributed by atoms with Crippen molar-refractivity contribution in [1.29, 1.82) is 0 Å². The van der Waals surface area contributed by atoms with Gasteiger partial charge in [-0.2, -0.15) is 0 Å². The van der Waals surface area contributed by atoms with Crippen molar-refractivity contribution in [2.75, 3.05) is 0 Å². The fourth-order valence-electron chi connectivity index (χ4n) is 1.20. The predicted octanol–water partition coefficient (Wildman–Crippen LogP) is 3.49. The van der Waals surface area contributed by atoms with Crippen LogP contribution >= 0.6 is 11.3 Å². The molecular weight excluding hydrogens is 178 g/mol. The van der Waals surface area contributed by atoms with Gasteiger partial charge in [-0.1, -0.05) is 0 Å². The minimum Gasteiger partial charge on any atom is -0.207 e. The van der Waals surface area contributed by atoms with Gasteiger partial charge in [0.25, 0.3) is 0 Å². The van der Waals surface area contributed by atoms with E-state index in [-0.39, 0.29) is 0 Å². The Morgan fingerprint density at radius 3 is 2.67 bits per heavy atom. The summed E-state index contributed by atoms with van der Waals surface area (Å²) in [5.41, 5.74) is 0. The third kappa shape index (κ3) is 1.10. The van der Waals surface area contributed by atoms with Crippen LogP contribution in [-0.4, -0.2) is 0 Å². The lowest BCUT2D eigenvalue weighted by Crippen LogP contribution is -1.77. The van der Waals surface area contributed by atoms with Crippen LogP contribution in [0.5, 0.6) is 0 Å². The molecule has 1 aromatic heterocycles. The first-order chi connectivity index (χ1) is 5.66. The van der Waals surface area contributed by atoms with Crippen LogP contribution in [0.1, 0.15) is 4.88 Å². The first kappa shape index (κ1) is 7.68. The van der Waals surface area contributed by atoms with Gasteiger partial charge in [0, 0.05) is 10.9 Å². The molecule has 12 heavy (non-hydrogen) atoms. The highest BCUT2D eigenvalue weighted by Gasteiger charge is 2.05. The maximum atomic E-state index is 13.0. The molecule has 0 radical (unpaired) electrons. The van der Waals surface area contributed by atoms with E-state index in [0.717, 1.165) is 10.9 Å². The number of halogens is 2. The normalized spacial score (nSPS) is 10.9. The summed E-state index contributed by atoms with van der Waals surface area (Å²) in [6.07, 6.45) is 0. The second-order valence-corrected chi connectivity index (χ2v) is 3.92. The fraction of sp³-hybridized carbons (Fsp3) is 0.111. The molecule has 0 amide bonds. The van der Waals surface area contributed by atoms with Gasteiger partial charge in [0.05, 0.1) is 4.70 Å². The molecule has 2 aromatic rings. The Kier molecular flexibility index (Phi) is 1.61. The second-order valence-electron chi connectivity index (χ2n) is 2.66. The summed E-state index contributed by atoms with van der Waals surface area (Å²) in [5.74, 6) is -0.985. The van der Waals surface area contributed by atoms with E-state index in [9.17, 15) is 8.78 Å². The molecule has 0 aliphatic rings. The van der Waals surface area contributed by atoms with E-state index in [1.807, 2.05) is 6.92 Å². The van der Waals surface area contributed by atoms with E-state index in [1.165, 1.54) is 17.4 Å². The number of hydrogen-bond donors (Lipinski definition) is 0. The molecule has 0 atom stereocenters. The second kappa shape index (κ2) is 2.52. The largest absolute Gasteiger partial charge is 0.207 e. The number of aryl methyl sites for hydroxylation is 1. The van der Waals surface area contributed by atoms with Crippen molar-refractivity contribution in [1.82, 2.24) is 0 Å². The van der Waals surface area contributed by atoms with Crippen LogP contribution in [0.3, 0.4) is 0 Å². The fourth-order valence-corrected chi connectivity index (χ4v) is 2.10. The standard InChI is InChI=1S/C9H6F2S/c1-5-2-6-3-7(10)4-8(11)9(6)12-5/h2-4H,1H3. The number of thiophene rings is 1. The minimum atomic E-state index is -0.516. The molecule has 0 N–H and O–H groups in total. The van der Waals surface area contributed by atoms with Gasteiger partial charge >= 0.3 is 0 Å². The van der Waals surface area contributed by atoms with E-state index >= 15 is 0 Å². The lowest BCUT2D eigenvalue weighted by atomic mass is 10.2. The summed E-state index contributed by atoms with van der Waals surface area (Å²) in [6.45, 7) is 1.88. The average molecular weight is 184 g/mol. The molecule has 0 bridgehead atoms. The average Bonchev–Trinajstić information content (AvgIpc) is 2.29. The molecule has 0 spiro atoms. The van der Waals surface area contributed by atoms with Gasteiger partial charge in [0.2, 0.25) is 0 Å². The van der Waals surface area contributed by atoms with Crippen molar-refractivity contribution in [3.63, 3.8) is 0 Å². The van der Waals surface area contributed by atoms with Crippen LogP contribution in [0.2, 0.25) is 0 Å². The highest BCUT2D eigenvalue weighted by molar-refractivity contribution is 7.19. The highest BCUT2D eigenvalue weighted by atomic mass is 32.1. The van der Waals surface area contributed by atoms with Crippen molar-refractivity contribution in [3.8, 4) is 0 Å². The Labute approximate surface area is 72.4 Å². The molecular formula is C9H6F2S. The smallest absolute Gasteiger partial charge is 0.143 e. The van der Waals surface area contributed by atoms with Crippen LogP contribution < -0.4 is 0 Å². The first-order valence-electron chi connectivity index (χ1n) is 3.52. The van der Waals surface area contributed by atoms with Gasteiger partial charge < -0.3 is 0 Å². The van der Waals surface area contributed by atoms with E-state index in [4.69, 9.17) is 0 Å². The molecule has 0 saturated carbocycles. The van der Waals surface area contributed by atoms with Crippen molar-refractivity contribution >= 4 is 21.4 Å². The van der Waals surface area contributed by atoms with Gasteiger partial charge in [0.1, 0.15) is 11.6 Å². The number of benzene rings is 1. The van der Waals surface area contributed by atoms with Crippen LogP contribution in [0, 0.1) is 18.6 Å². The Bertz CT molecular complexity index is 431. The van der Waals surface area contributed by atoms with Gasteiger partial charge in [-0.3, -0.25) is 0 Å². The topological polar surface area (TPSA) is 0 Å². The van der Waals surface area contributed by atoms with E-state index < -0.39 is 11.6 Å². The van der Waals surface area contributed by atoms with Crippen LogP contribution in [0.25, 0.3) is 10.1 Å². The number of fused-ring (bicyclic) bond motifs is 1. The van der Waals surface area contributed by atoms with E-state index in [2.05, 4.69) is 0 Å². The van der Waals surface area contributed by atoms with Crippen LogP contribution in [0.15, 0.2) is 18.2 Å². The lowest BCUT2D eigenvalue weighted by molar-refractivity contribution is 0.593. The van der Waals surface area contributed by atoms with Crippen molar-refractivity contribution < 1.29 is 8.78 Å². The molecule has 3 heteroatoms. The molecule has 62 valence electrons. The quantitative estimate of drug-likeness (QED) is 0.588. The molecule has 1 aromatic carbocycles. The lowest BCUT2D eigenvalue weighted by Gasteiger charge is -1.91. The first-order valence-corrected chi connectivity index (χ1v) is 4.33. The molecule has 1 heterocycles. The predicted molar refractivity (Wildman–Crippen MR) is 46.5 cm³/mol. The SMILES string of the molecule is Cc1cc2cc(F)cc(F)c2s1. The third-order valence-electron chi connectivity index (χ3n) is 1.66.